The lowest BCUT2D eigenvalue weighted by Crippen LogP contribution is -1.88. The van der Waals surface area contributed by atoms with Crippen molar-refractivity contribution in [1.82, 2.24) is 9.97 Å². The van der Waals surface area contributed by atoms with Crippen LogP contribution >= 0.6 is 22.6 Å². The fourth-order valence-corrected chi connectivity index (χ4v) is 1.05. The first kappa shape index (κ1) is 6.92. The third kappa shape index (κ3) is 1.89. The summed E-state index contributed by atoms with van der Waals surface area (Å²) in [6, 6.07) is 1.99. The molecule has 0 aromatic carbocycles. The van der Waals surface area contributed by atoms with E-state index in [2.05, 4.69) is 39.5 Å². The first-order valence-electron chi connectivity index (χ1n) is 2.79. The zero-order chi connectivity index (χ0) is 6.69. The maximum absolute atomic E-state index is 4.04. The molecule has 0 N–H and O–H groups in total. The van der Waals surface area contributed by atoms with Crippen molar-refractivity contribution in [2.75, 3.05) is 0 Å². The van der Waals surface area contributed by atoms with Crippen LogP contribution in [-0.4, -0.2) is 9.97 Å². The van der Waals surface area contributed by atoms with Crippen LogP contribution in [0, 0.1) is 3.70 Å². The average Bonchev–Trinajstić information content (AvgIpc) is 1.88. The zero-order valence-corrected chi connectivity index (χ0v) is 7.29. The number of aromatic nitrogens is 2. The lowest BCUT2D eigenvalue weighted by molar-refractivity contribution is 0.986. The van der Waals surface area contributed by atoms with Gasteiger partial charge in [0.15, 0.2) is 0 Å². The van der Waals surface area contributed by atoms with E-state index >= 15 is 0 Å². The Morgan fingerprint density at radius 1 is 1.56 bits per heavy atom. The summed E-state index contributed by atoms with van der Waals surface area (Å²) in [4.78, 5) is 8.01. The molecule has 0 atom stereocenters. The van der Waals surface area contributed by atoms with Crippen LogP contribution in [-0.2, 0) is 6.42 Å². The molecule has 3 heteroatoms. The molecule has 0 bridgehead atoms. The van der Waals surface area contributed by atoms with E-state index in [1.807, 2.05) is 6.07 Å². The predicted molar refractivity (Wildman–Crippen MR) is 44.1 cm³/mol. The Morgan fingerprint density at radius 2 is 2.33 bits per heavy atom. The number of halogens is 1. The molecule has 0 amide bonds. The largest absolute Gasteiger partial charge is 0.241 e. The van der Waals surface area contributed by atoms with Gasteiger partial charge in [0, 0.05) is 5.69 Å². The van der Waals surface area contributed by atoms with Crippen molar-refractivity contribution in [2.24, 2.45) is 0 Å². The third-order valence-corrected chi connectivity index (χ3v) is 1.64. The van der Waals surface area contributed by atoms with E-state index in [-0.39, 0.29) is 0 Å². The smallest absolute Gasteiger partial charge is 0.116 e. The van der Waals surface area contributed by atoms with E-state index in [1.165, 1.54) is 0 Å². The van der Waals surface area contributed by atoms with Crippen molar-refractivity contribution in [1.29, 1.82) is 0 Å². The van der Waals surface area contributed by atoms with E-state index in [0.29, 0.717) is 0 Å². The van der Waals surface area contributed by atoms with Crippen molar-refractivity contribution >= 4 is 22.6 Å². The van der Waals surface area contributed by atoms with Gasteiger partial charge in [-0.1, -0.05) is 6.92 Å². The summed E-state index contributed by atoms with van der Waals surface area (Å²) in [7, 11) is 0. The highest BCUT2D eigenvalue weighted by molar-refractivity contribution is 14.1. The number of hydrogen-bond donors (Lipinski definition) is 0. The molecule has 0 aliphatic carbocycles. The highest BCUT2D eigenvalue weighted by Crippen LogP contribution is 2.00. The SMILES string of the molecule is CCc1cc(I)ncn1. The molecule has 0 unspecified atom stereocenters. The molecule has 0 saturated heterocycles. The third-order valence-electron chi connectivity index (χ3n) is 1.05. The minimum Gasteiger partial charge on any atom is -0.241 e. The summed E-state index contributed by atoms with van der Waals surface area (Å²) in [6.45, 7) is 2.08. The summed E-state index contributed by atoms with van der Waals surface area (Å²) in [5, 5.41) is 0. The van der Waals surface area contributed by atoms with Crippen LogP contribution in [0.4, 0.5) is 0 Å². The molecule has 0 fully saturated rings. The maximum Gasteiger partial charge on any atom is 0.116 e. The van der Waals surface area contributed by atoms with E-state index in [0.717, 1.165) is 15.8 Å². The van der Waals surface area contributed by atoms with Gasteiger partial charge in [0.2, 0.25) is 0 Å². The van der Waals surface area contributed by atoms with Crippen LogP contribution in [0.25, 0.3) is 0 Å². The minimum absolute atomic E-state index is 0.985. The Hall–Kier alpha value is -0.190. The predicted octanol–water partition coefficient (Wildman–Crippen LogP) is 1.64. The van der Waals surface area contributed by atoms with Crippen molar-refractivity contribution in [3.05, 3.63) is 21.8 Å². The van der Waals surface area contributed by atoms with E-state index in [4.69, 9.17) is 0 Å². The maximum atomic E-state index is 4.04. The van der Waals surface area contributed by atoms with Gasteiger partial charge in [0.25, 0.3) is 0 Å². The monoisotopic (exact) mass is 234 g/mol. The summed E-state index contributed by atoms with van der Waals surface area (Å²) in [5.41, 5.74) is 1.11. The number of nitrogens with zero attached hydrogens (tertiary/aromatic N) is 2. The number of hydrogen-bond acceptors (Lipinski definition) is 2. The van der Waals surface area contributed by atoms with Crippen molar-refractivity contribution in [2.45, 2.75) is 13.3 Å². The van der Waals surface area contributed by atoms with Crippen molar-refractivity contribution in [3.8, 4) is 0 Å². The zero-order valence-electron chi connectivity index (χ0n) is 5.13. The second-order valence-electron chi connectivity index (χ2n) is 1.69. The molecule has 0 aliphatic heterocycles. The molecule has 9 heavy (non-hydrogen) atoms. The Labute approximate surface area is 67.9 Å². The molecule has 48 valence electrons. The first-order chi connectivity index (χ1) is 4.33. The number of rotatable bonds is 1. The lowest BCUT2D eigenvalue weighted by atomic mass is 10.3. The Morgan fingerprint density at radius 3 is 2.78 bits per heavy atom. The fraction of sp³-hybridized carbons (Fsp3) is 0.333. The molecule has 1 rings (SSSR count). The summed E-state index contributed by atoms with van der Waals surface area (Å²) < 4.78 is 1.01. The molecular formula is C6H7IN2. The standard InChI is InChI=1S/C6H7IN2/c1-2-5-3-6(7)9-4-8-5/h3-4H,2H2,1H3. The normalized spacial score (nSPS) is 9.56. The quantitative estimate of drug-likeness (QED) is 0.545. The van der Waals surface area contributed by atoms with E-state index in [9.17, 15) is 0 Å². The van der Waals surface area contributed by atoms with Crippen LogP contribution < -0.4 is 0 Å². The van der Waals surface area contributed by atoms with Crippen LogP contribution in [0.1, 0.15) is 12.6 Å². The van der Waals surface area contributed by atoms with Crippen LogP contribution in [0.3, 0.4) is 0 Å². The molecule has 1 aromatic heterocycles. The molecule has 0 radical (unpaired) electrons. The molecular weight excluding hydrogens is 227 g/mol. The van der Waals surface area contributed by atoms with E-state index < -0.39 is 0 Å². The van der Waals surface area contributed by atoms with Gasteiger partial charge in [-0.2, -0.15) is 0 Å². The highest BCUT2D eigenvalue weighted by Gasteiger charge is 1.89. The molecule has 1 heterocycles. The summed E-state index contributed by atoms with van der Waals surface area (Å²) in [5.74, 6) is 0. The second-order valence-corrected chi connectivity index (χ2v) is 2.79. The lowest BCUT2D eigenvalue weighted by Gasteiger charge is -1.92. The van der Waals surface area contributed by atoms with Gasteiger partial charge >= 0.3 is 0 Å². The Kier molecular flexibility index (Phi) is 2.38. The molecule has 0 saturated carbocycles. The summed E-state index contributed by atoms with van der Waals surface area (Å²) in [6.07, 6.45) is 2.58. The van der Waals surface area contributed by atoms with E-state index in [1.54, 1.807) is 6.33 Å². The van der Waals surface area contributed by atoms with Crippen LogP contribution in [0.5, 0.6) is 0 Å². The average molecular weight is 234 g/mol. The fourth-order valence-electron chi connectivity index (χ4n) is 0.564. The van der Waals surface area contributed by atoms with Gasteiger partial charge < -0.3 is 0 Å². The first-order valence-corrected chi connectivity index (χ1v) is 3.87. The van der Waals surface area contributed by atoms with Gasteiger partial charge in [0.1, 0.15) is 10.0 Å². The van der Waals surface area contributed by atoms with Crippen molar-refractivity contribution < 1.29 is 0 Å². The second kappa shape index (κ2) is 3.10. The molecule has 2 nitrogen and oxygen atoms in total. The highest BCUT2D eigenvalue weighted by atomic mass is 127. The molecule has 0 spiro atoms. The number of aryl methyl sites for hydroxylation is 1. The van der Waals surface area contributed by atoms with Crippen molar-refractivity contribution in [3.63, 3.8) is 0 Å². The Bertz CT molecular complexity index is 200. The van der Waals surface area contributed by atoms with Crippen LogP contribution in [0.15, 0.2) is 12.4 Å². The van der Waals surface area contributed by atoms with Gasteiger partial charge in [-0.05, 0) is 35.1 Å². The molecule has 1 aromatic rings. The van der Waals surface area contributed by atoms with Gasteiger partial charge in [-0.15, -0.1) is 0 Å². The minimum atomic E-state index is 0.985. The van der Waals surface area contributed by atoms with Gasteiger partial charge in [-0.3, -0.25) is 0 Å². The van der Waals surface area contributed by atoms with Gasteiger partial charge in [-0.25, -0.2) is 9.97 Å². The Balaban J connectivity index is 2.94. The summed E-state index contributed by atoms with van der Waals surface area (Å²) >= 11 is 2.18. The van der Waals surface area contributed by atoms with Crippen LogP contribution in [0.2, 0.25) is 0 Å². The van der Waals surface area contributed by atoms with Gasteiger partial charge in [0.05, 0.1) is 0 Å². The topological polar surface area (TPSA) is 25.8 Å². The molecule has 0 aliphatic rings.